The molecule has 0 atom stereocenters. The molecule has 170 valence electrons. The van der Waals surface area contributed by atoms with Crippen molar-refractivity contribution in [1.29, 1.82) is 0 Å². The van der Waals surface area contributed by atoms with Crippen molar-refractivity contribution in [3.05, 3.63) is 71.2 Å². The van der Waals surface area contributed by atoms with E-state index in [0.29, 0.717) is 17.8 Å². The molecule has 0 unspecified atom stereocenters. The molecule has 3 aromatic rings. The molecule has 0 amide bonds. The van der Waals surface area contributed by atoms with E-state index in [2.05, 4.69) is 32.8 Å². The molecule has 1 saturated heterocycles. The van der Waals surface area contributed by atoms with Crippen LogP contribution in [0.1, 0.15) is 19.1 Å². The largest absolute Gasteiger partial charge is 0.369 e. The second-order valence-electron chi connectivity index (χ2n) is 8.19. The molecule has 0 radical (unpaired) electrons. The Morgan fingerprint density at radius 2 is 1.88 bits per heavy atom. The lowest BCUT2D eigenvalue weighted by Gasteiger charge is -2.36. The van der Waals surface area contributed by atoms with Gasteiger partial charge in [0.1, 0.15) is 11.5 Å². The lowest BCUT2D eigenvalue weighted by atomic mass is 10.1. The highest BCUT2D eigenvalue weighted by atomic mass is 35.5. The van der Waals surface area contributed by atoms with Gasteiger partial charge in [0.15, 0.2) is 5.76 Å². The van der Waals surface area contributed by atoms with Crippen molar-refractivity contribution in [2.24, 2.45) is 0 Å². The lowest BCUT2D eigenvalue weighted by molar-refractivity contribution is 0.206. The topological polar surface area (TPSA) is 35.8 Å². The van der Waals surface area contributed by atoms with Crippen LogP contribution in [-0.4, -0.2) is 60.8 Å². The Kier molecular flexibility index (Phi) is 7.79. The van der Waals surface area contributed by atoms with E-state index in [1.165, 1.54) is 11.8 Å². The lowest BCUT2D eigenvalue weighted by Crippen LogP contribution is -2.47. The van der Waals surface area contributed by atoms with E-state index in [-0.39, 0.29) is 5.82 Å². The van der Waals surface area contributed by atoms with Crippen molar-refractivity contribution in [2.45, 2.75) is 19.9 Å². The Balaban J connectivity index is 1.21. The summed E-state index contributed by atoms with van der Waals surface area (Å²) in [5.74, 6) is 0.482. The van der Waals surface area contributed by atoms with Gasteiger partial charge in [0.25, 0.3) is 0 Å². The number of anilines is 1. The van der Waals surface area contributed by atoms with Gasteiger partial charge >= 0.3 is 0 Å². The molecule has 2 heterocycles. The normalized spacial score (nSPS) is 14.9. The van der Waals surface area contributed by atoms with Crippen LogP contribution in [0.3, 0.4) is 0 Å². The molecule has 1 aliphatic heterocycles. The standard InChI is InChI=1S/C25H30ClFN4O/c1-2-29(19-22-18-25(28-32-22)23-9-3-4-10-24(23)27)11-6-12-30-13-15-31(16-14-30)21-8-5-7-20(26)17-21/h3-5,7-10,17-18H,2,6,11-16,19H2,1H3. The van der Waals surface area contributed by atoms with Crippen molar-refractivity contribution >= 4 is 17.3 Å². The van der Waals surface area contributed by atoms with Crippen LogP contribution in [0, 0.1) is 5.82 Å². The SMILES string of the molecule is CCN(CCCN1CCN(c2cccc(Cl)c2)CC1)Cc1cc(-c2ccccc2F)no1. The number of hydrogen-bond acceptors (Lipinski definition) is 5. The smallest absolute Gasteiger partial charge is 0.151 e. The molecule has 1 fully saturated rings. The van der Waals surface area contributed by atoms with Crippen LogP contribution in [0.25, 0.3) is 11.3 Å². The molecule has 0 saturated carbocycles. The van der Waals surface area contributed by atoms with Gasteiger partial charge in [0.2, 0.25) is 0 Å². The minimum atomic E-state index is -0.282. The van der Waals surface area contributed by atoms with Gasteiger partial charge < -0.3 is 9.42 Å². The summed E-state index contributed by atoms with van der Waals surface area (Å²) in [6, 6.07) is 16.6. The molecule has 5 nitrogen and oxygen atoms in total. The van der Waals surface area contributed by atoms with Crippen molar-refractivity contribution < 1.29 is 8.91 Å². The summed E-state index contributed by atoms with van der Waals surface area (Å²) in [5.41, 5.74) is 2.23. The first kappa shape index (κ1) is 22.8. The zero-order chi connectivity index (χ0) is 22.3. The Labute approximate surface area is 194 Å². The number of halogens is 2. The summed E-state index contributed by atoms with van der Waals surface area (Å²) in [6.45, 7) is 10.00. The zero-order valence-corrected chi connectivity index (χ0v) is 19.3. The van der Waals surface area contributed by atoms with Crippen LogP contribution in [0.2, 0.25) is 5.02 Å². The summed E-state index contributed by atoms with van der Waals surface area (Å²) in [5, 5.41) is 4.85. The number of nitrogens with zero attached hydrogens (tertiary/aromatic N) is 4. The minimum absolute atomic E-state index is 0.282. The van der Waals surface area contributed by atoms with Crippen LogP contribution in [-0.2, 0) is 6.54 Å². The second kappa shape index (κ2) is 10.9. The molecule has 0 aliphatic carbocycles. The summed E-state index contributed by atoms with van der Waals surface area (Å²) < 4.78 is 19.5. The Morgan fingerprint density at radius 3 is 2.62 bits per heavy atom. The van der Waals surface area contributed by atoms with Crippen LogP contribution in [0.15, 0.2) is 59.1 Å². The predicted molar refractivity (Wildman–Crippen MR) is 128 cm³/mol. The number of aromatic nitrogens is 1. The van der Waals surface area contributed by atoms with Crippen LogP contribution in [0.4, 0.5) is 10.1 Å². The maximum absolute atomic E-state index is 14.0. The van der Waals surface area contributed by atoms with Crippen LogP contribution in [0.5, 0.6) is 0 Å². The minimum Gasteiger partial charge on any atom is -0.369 e. The van der Waals surface area contributed by atoms with Crippen molar-refractivity contribution in [3.8, 4) is 11.3 Å². The fraction of sp³-hybridized carbons (Fsp3) is 0.400. The number of benzene rings is 2. The highest BCUT2D eigenvalue weighted by Gasteiger charge is 2.18. The van der Waals surface area contributed by atoms with Crippen LogP contribution < -0.4 is 4.90 Å². The van der Waals surface area contributed by atoms with E-state index in [1.54, 1.807) is 18.2 Å². The highest BCUT2D eigenvalue weighted by Crippen LogP contribution is 2.23. The fourth-order valence-electron chi connectivity index (χ4n) is 4.17. The molecule has 4 rings (SSSR count). The van der Waals surface area contributed by atoms with Crippen LogP contribution >= 0.6 is 11.6 Å². The van der Waals surface area contributed by atoms with Crippen molar-refractivity contribution in [2.75, 3.05) is 50.7 Å². The monoisotopic (exact) mass is 456 g/mol. The van der Waals surface area contributed by atoms with Gasteiger partial charge in [0.05, 0.1) is 6.54 Å². The first-order chi connectivity index (χ1) is 15.6. The molecule has 1 aliphatic rings. The van der Waals surface area contributed by atoms with E-state index in [1.807, 2.05) is 24.3 Å². The highest BCUT2D eigenvalue weighted by molar-refractivity contribution is 6.30. The summed E-state index contributed by atoms with van der Waals surface area (Å²) in [6.07, 6.45) is 1.10. The summed E-state index contributed by atoms with van der Waals surface area (Å²) in [4.78, 5) is 7.27. The first-order valence-electron chi connectivity index (χ1n) is 11.3. The van der Waals surface area contributed by atoms with Gasteiger partial charge in [-0.1, -0.05) is 41.9 Å². The number of rotatable bonds is 9. The molecular formula is C25H30ClFN4O. The fourth-order valence-corrected chi connectivity index (χ4v) is 4.36. The maximum Gasteiger partial charge on any atom is 0.151 e. The van der Waals surface area contributed by atoms with Crippen molar-refractivity contribution in [1.82, 2.24) is 15.0 Å². The predicted octanol–water partition coefficient (Wildman–Crippen LogP) is 5.17. The molecular weight excluding hydrogens is 427 g/mol. The summed E-state index contributed by atoms with van der Waals surface area (Å²) in [7, 11) is 0. The van der Waals surface area contributed by atoms with Gasteiger partial charge in [-0.3, -0.25) is 9.80 Å². The number of hydrogen-bond donors (Lipinski definition) is 0. The Bertz CT molecular complexity index is 1000. The maximum atomic E-state index is 14.0. The van der Waals surface area contributed by atoms with E-state index >= 15 is 0 Å². The second-order valence-corrected chi connectivity index (χ2v) is 8.63. The van der Waals surface area contributed by atoms with Gasteiger partial charge in [-0.2, -0.15) is 0 Å². The molecule has 32 heavy (non-hydrogen) atoms. The van der Waals surface area contributed by atoms with Gasteiger partial charge in [-0.25, -0.2) is 4.39 Å². The zero-order valence-electron chi connectivity index (χ0n) is 18.5. The Morgan fingerprint density at radius 1 is 1.06 bits per heavy atom. The Hall–Kier alpha value is -2.41. The van der Waals surface area contributed by atoms with Gasteiger partial charge in [-0.05, 0) is 56.4 Å². The van der Waals surface area contributed by atoms with E-state index < -0.39 is 0 Å². The third-order valence-corrected chi connectivity index (χ3v) is 6.26. The number of piperazine rings is 1. The molecule has 7 heteroatoms. The first-order valence-corrected chi connectivity index (χ1v) is 11.7. The molecule has 1 aromatic heterocycles. The average Bonchev–Trinajstić information content (AvgIpc) is 3.27. The quantitative estimate of drug-likeness (QED) is 0.444. The van der Waals surface area contributed by atoms with Crippen molar-refractivity contribution in [3.63, 3.8) is 0 Å². The molecule has 0 spiro atoms. The molecule has 0 bridgehead atoms. The van der Waals surface area contributed by atoms with E-state index in [4.69, 9.17) is 16.1 Å². The van der Waals surface area contributed by atoms with E-state index in [9.17, 15) is 4.39 Å². The third-order valence-electron chi connectivity index (χ3n) is 6.03. The molecule has 0 N–H and O–H groups in total. The molecule has 2 aromatic carbocycles. The van der Waals surface area contributed by atoms with Gasteiger partial charge in [0, 0.05) is 48.5 Å². The summed E-state index contributed by atoms with van der Waals surface area (Å²) >= 11 is 6.13. The van der Waals surface area contributed by atoms with Gasteiger partial charge in [-0.15, -0.1) is 0 Å². The third kappa shape index (κ3) is 5.88. The average molecular weight is 457 g/mol. The van der Waals surface area contributed by atoms with E-state index in [0.717, 1.165) is 63.0 Å².